The van der Waals surface area contributed by atoms with E-state index in [1.165, 1.54) is 0 Å². The van der Waals surface area contributed by atoms with Gasteiger partial charge in [-0.1, -0.05) is 12.1 Å². The smallest absolute Gasteiger partial charge is 0.315 e. The second kappa shape index (κ2) is 5.83. The van der Waals surface area contributed by atoms with Crippen LogP contribution in [0.3, 0.4) is 0 Å². The topological polar surface area (TPSA) is 74.2 Å². The minimum absolute atomic E-state index is 0.0375. The molecule has 3 rings (SSSR count). The number of hydrogen-bond acceptors (Lipinski definition) is 3. The van der Waals surface area contributed by atoms with Gasteiger partial charge in [0.2, 0.25) is 0 Å². The summed E-state index contributed by atoms with van der Waals surface area (Å²) in [5.74, 6) is 0.314. The summed E-state index contributed by atoms with van der Waals surface area (Å²) in [6.45, 7) is 0.466. The van der Waals surface area contributed by atoms with Crippen LogP contribution in [-0.4, -0.2) is 16.1 Å². The molecule has 108 valence electrons. The van der Waals surface area contributed by atoms with Gasteiger partial charge in [0.05, 0.1) is 6.04 Å². The molecule has 2 aromatic rings. The zero-order valence-corrected chi connectivity index (χ0v) is 11.5. The Morgan fingerprint density at radius 2 is 2.10 bits per heavy atom. The highest BCUT2D eigenvalue weighted by Gasteiger charge is 2.25. The number of urea groups is 1. The van der Waals surface area contributed by atoms with E-state index in [9.17, 15) is 9.90 Å². The van der Waals surface area contributed by atoms with Gasteiger partial charge in [-0.15, -0.1) is 0 Å². The first-order valence-electron chi connectivity index (χ1n) is 6.98. The lowest BCUT2D eigenvalue weighted by Crippen LogP contribution is -2.36. The van der Waals surface area contributed by atoms with Crippen molar-refractivity contribution in [2.75, 3.05) is 0 Å². The maximum Gasteiger partial charge on any atom is 0.315 e. The van der Waals surface area contributed by atoms with Crippen molar-refractivity contribution in [3.05, 3.63) is 59.4 Å². The van der Waals surface area contributed by atoms with Crippen LogP contribution in [0.4, 0.5) is 4.79 Å². The van der Waals surface area contributed by atoms with Crippen LogP contribution in [0.2, 0.25) is 0 Å². The number of rotatable bonds is 3. The normalized spacial score (nSPS) is 16.3. The number of hydrogen-bond donors (Lipinski definition) is 3. The molecule has 1 aromatic heterocycles. The molecular weight excluding hydrogens is 266 g/mol. The quantitative estimate of drug-likeness (QED) is 0.809. The number of nitrogens with zero attached hydrogens (tertiary/aromatic N) is 1. The van der Waals surface area contributed by atoms with Crippen LogP contribution in [0.1, 0.15) is 29.2 Å². The molecule has 1 aliphatic rings. The Morgan fingerprint density at radius 1 is 1.29 bits per heavy atom. The van der Waals surface area contributed by atoms with Crippen molar-refractivity contribution >= 4 is 6.03 Å². The Balaban J connectivity index is 1.59. The predicted octanol–water partition coefficient (Wildman–Crippen LogP) is 2.27. The van der Waals surface area contributed by atoms with Crippen LogP contribution in [0.15, 0.2) is 42.7 Å². The molecule has 3 N–H and O–H groups in total. The first kappa shape index (κ1) is 13.4. The van der Waals surface area contributed by atoms with Crippen LogP contribution in [0, 0.1) is 0 Å². The average molecular weight is 283 g/mol. The lowest BCUT2D eigenvalue weighted by molar-refractivity contribution is 0.236. The number of carbonyl (C=O) groups is 1. The number of pyridine rings is 1. The highest BCUT2D eigenvalue weighted by atomic mass is 16.3. The fraction of sp³-hybridized carbons (Fsp3) is 0.250. The second-order valence-corrected chi connectivity index (χ2v) is 5.12. The third-order valence-electron chi connectivity index (χ3n) is 3.75. The fourth-order valence-corrected chi connectivity index (χ4v) is 2.68. The molecule has 1 atom stereocenters. The van der Waals surface area contributed by atoms with Crippen molar-refractivity contribution in [2.45, 2.75) is 25.4 Å². The Morgan fingerprint density at radius 3 is 2.90 bits per heavy atom. The number of carbonyl (C=O) groups excluding carboxylic acids is 1. The van der Waals surface area contributed by atoms with Crippen LogP contribution >= 0.6 is 0 Å². The Labute approximate surface area is 123 Å². The van der Waals surface area contributed by atoms with E-state index in [-0.39, 0.29) is 12.1 Å². The maximum atomic E-state index is 12.0. The molecule has 0 fully saturated rings. The van der Waals surface area contributed by atoms with Gasteiger partial charge in [0.1, 0.15) is 5.75 Å². The zero-order valence-electron chi connectivity index (χ0n) is 11.5. The predicted molar refractivity (Wildman–Crippen MR) is 78.8 cm³/mol. The van der Waals surface area contributed by atoms with Crippen molar-refractivity contribution in [1.82, 2.24) is 15.6 Å². The summed E-state index contributed by atoms with van der Waals surface area (Å²) in [7, 11) is 0. The number of fused-ring (bicyclic) bond motifs is 1. The van der Waals surface area contributed by atoms with Gasteiger partial charge in [0, 0.05) is 18.9 Å². The van der Waals surface area contributed by atoms with Gasteiger partial charge in [0.15, 0.2) is 0 Å². The first-order valence-corrected chi connectivity index (χ1v) is 6.98. The second-order valence-electron chi connectivity index (χ2n) is 5.12. The Bertz CT molecular complexity index is 643. The minimum Gasteiger partial charge on any atom is -0.508 e. The average Bonchev–Trinajstić information content (AvgIpc) is 2.91. The van der Waals surface area contributed by atoms with Gasteiger partial charge in [-0.3, -0.25) is 4.98 Å². The number of phenolic OH excluding ortho intramolecular Hbond substituents is 1. The van der Waals surface area contributed by atoms with Crippen LogP contribution in [0.5, 0.6) is 5.75 Å². The fourth-order valence-electron chi connectivity index (χ4n) is 2.68. The molecule has 0 unspecified atom stereocenters. The SMILES string of the molecule is O=C(NCc1ccncc1)N[C@H]1CCc2c(O)cccc21. The van der Waals surface area contributed by atoms with Gasteiger partial charge in [-0.05, 0) is 47.7 Å². The Hall–Kier alpha value is -2.56. The van der Waals surface area contributed by atoms with Gasteiger partial charge in [-0.25, -0.2) is 4.79 Å². The third-order valence-corrected chi connectivity index (χ3v) is 3.75. The molecule has 21 heavy (non-hydrogen) atoms. The number of benzene rings is 1. The van der Waals surface area contributed by atoms with Gasteiger partial charge >= 0.3 is 6.03 Å². The van der Waals surface area contributed by atoms with Crippen LogP contribution in [-0.2, 0) is 13.0 Å². The molecule has 0 aliphatic heterocycles. The molecule has 0 bridgehead atoms. The lowest BCUT2D eigenvalue weighted by Gasteiger charge is -2.15. The van der Waals surface area contributed by atoms with Gasteiger partial charge in [-0.2, -0.15) is 0 Å². The van der Waals surface area contributed by atoms with Crippen molar-refractivity contribution in [3.8, 4) is 5.75 Å². The molecule has 0 spiro atoms. The molecule has 0 saturated heterocycles. The van der Waals surface area contributed by atoms with Crippen molar-refractivity contribution in [1.29, 1.82) is 0 Å². The van der Waals surface area contributed by atoms with Crippen molar-refractivity contribution in [2.24, 2.45) is 0 Å². The number of aromatic nitrogens is 1. The van der Waals surface area contributed by atoms with Gasteiger partial charge < -0.3 is 15.7 Å². The number of amides is 2. The summed E-state index contributed by atoms with van der Waals surface area (Å²) < 4.78 is 0. The molecule has 2 amide bonds. The lowest BCUT2D eigenvalue weighted by atomic mass is 10.1. The van der Waals surface area contributed by atoms with Gasteiger partial charge in [0.25, 0.3) is 0 Å². The van der Waals surface area contributed by atoms with E-state index >= 15 is 0 Å². The largest absolute Gasteiger partial charge is 0.508 e. The van der Waals surface area contributed by atoms with E-state index < -0.39 is 0 Å². The molecule has 0 saturated carbocycles. The highest BCUT2D eigenvalue weighted by molar-refractivity contribution is 5.74. The molecule has 1 heterocycles. The summed E-state index contributed by atoms with van der Waals surface area (Å²) in [6, 6.07) is 8.94. The molecule has 5 heteroatoms. The van der Waals surface area contributed by atoms with E-state index in [0.29, 0.717) is 12.3 Å². The molecule has 1 aliphatic carbocycles. The van der Waals surface area contributed by atoms with E-state index in [1.807, 2.05) is 24.3 Å². The van der Waals surface area contributed by atoms with Crippen molar-refractivity contribution in [3.63, 3.8) is 0 Å². The Kier molecular flexibility index (Phi) is 3.73. The van der Waals surface area contributed by atoms with Crippen LogP contribution < -0.4 is 10.6 Å². The molecular formula is C16H17N3O2. The number of aromatic hydroxyl groups is 1. The highest BCUT2D eigenvalue weighted by Crippen LogP contribution is 2.36. The molecule has 5 nitrogen and oxygen atoms in total. The van der Waals surface area contributed by atoms with Crippen LogP contribution in [0.25, 0.3) is 0 Å². The standard InChI is InChI=1S/C16H17N3O2/c20-15-3-1-2-12-13(15)4-5-14(12)19-16(21)18-10-11-6-8-17-9-7-11/h1-3,6-9,14,20H,4-5,10H2,(H2,18,19,21)/t14-/m0/s1. The monoisotopic (exact) mass is 283 g/mol. The van der Waals surface area contributed by atoms with E-state index in [2.05, 4.69) is 15.6 Å². The summed E-state index contributed by atoms with van der Waals surface area (Å²) >= 11 is 0. The first-order chi connectivity index (χ1) is 10.2. The minimum atomic E-state index is -0.201. The summed E-state index contributed by atoms with van der Waals surface area (Å²) in [5.41, 5.74) is 2.95. The number of phenols is 1. The molecule has 1 aromatic carbocycles. The molecule has 0 radical (unpaired) electrons. The zero-order chi connectivity index (χ0) is 14.7. The number of nitrogens with one attached hydrogen (secondary N) is 2. The van der Waals surface area contributed by atoms with E-state index in [0.717, 1.165) is 29.5 Å². The summed E-state index contributed by atoms with van der Waals surface area (Å²) in [5, 5.41) is 15.6. The third kappa shape index (κ3) is 2.97. The van der Waals surface area contributed by atoms with E-state index in [4.69, 9.17) is 0 Å². The van der Waals surface area contributed by atoms with Crippen molar-refractivity contribution < 1.29 is 9.90 Å². The maximum absolute atomic E-state index is 12.0. The summed E-state index contributed by atoms with van der Waals surface area (Å²) in [6.07, 6.45) is 5.00. The van der Waals surface area contributed by atoms with E-state index in [1.54, 1.807) is 18.5 Å². The summed E-state index contributed by atoms with van der Waals surface area (Å²) in [4.78, 5) is 15.9.